The van der Waals surface area contributed by atoms with Gasteiger partial charge in [0.05, 0.1) is 5.69 Å². The van der Waals surface area contributed by atoms with Gasteiger partial charge in [-0.25, -0.2) is 9.98 Å². The Morgan fingerprint density at radius 2 is 2.23 bits per heavy atom. The van der Waals surface area contributed by atoms with Gasteiger partial charge >= 0.3 is 5.88 Å². The number of ether oxygens (including phenoxy) is 1. The smallest absolute Gasteiger partial charge is 0.320 e. The van der Waals surface area contributed by atoms with Gasteiger partial charge in [-0.15, -0.1) is 11.3 Å². The van der Waals surface area contributed by atoms with Crippen molar-refractivity contribution in [1.82, 2.24) is 10.3 Å². The Morgan fingerprint density at radius 1 is 1.42 bits per heavy atom. The molecule has 0 aliphatic carbocycles. The Kier molecular flexibility index (Phi) is 6.62. The van der Waals surface area contributed by atoms with Gasteiger partial charge in [0.15, 0.2) is 4.34 Å². The van der Waals surface area contributed by atoms with Crippen molar-refractivity contribution in [2.24, 2.45) is 4.99 Å². The van der Waals surface area contributed by atoms with E-state index >= 15 is 0 Å². The zero-order valence-electron chi connectivity index (χ0n) is 13.8. The first-order valence-electron chi connectivity index (χ1n) is 7.58. The summed E-state index contributed by atoms with van der Waals surface area (Å²) < 4.78 is 12.3. The molecule has 0 atom stereocenters. The highest BCUT2D eigenvalue weighted by Gasteiger charge is 2.10. The third-order valence-corrected chi connectivity index (χ3v) is 5.46. The number of hydrogen-bond donors (Lipinski definition) is 0. The van der Waals surface area contributed by atoms with Crippen LogP contribution in [0.15, 0.2) is 49.7 Å². The van der Waals surface area contributed by atoms with Crippen LogP contribution in [-0.2, 0) is 11.3 Å². The molecule has 0 bridgehead atoms. The van der Waals surface area contributed by atoms with Crippen LogP contribution in [0.4, 0.5) is 5.88 Å². The van der Waals surface area contributed by atoms with Gasteiger partial charge in [0.25, 0.3) is 6.20 Å². The number of halogens is 1. The van der Waals surface area contributed by atoms with Crippen molar-refractivity contribution in [3.8, 4) is 11.3 Å². The molecule has 0 aliphatic rings. The average molecular weight is 411 g/mol. The zero-order chi connectivity index (χ0) is 18.4. The molecule has 0 radical (unpaired) electrons. The average Bonchev–Trinajstić information content (AvgIpc) is 3.28. The number of thiazole rings is 1. The van der Waals surface area contributed by atoms with Gasteiger partial charge in [-0.3, -0.25) is 4.52 Å². The summed E-state index contributed by atoms with van der Waals surface area (Å²) in [7, 11) is 1.60. The highest BCUT2D eigenvalue weighted by atomic mass is 35.5. The molecule has 26 heavy (non-hydrogen) atoms. The molecule has 0 saturated carbocycles. The molecule has 0 aliphatic heterocycles. The lowest BCUT2D eigenvalue weighted by atomic mass is 10.2. The number of hydrogen-bond acceptors (Lipinski definition) is 8. The van der Waals surface area contributed by atoms with Crippen LogP contribution >= 0.6 is 34.7 Å². The van der Waals surface area contributed by atoms with Crippen molar-refractivity contribution in [3.63, 3.8) is 0 Å². The highest BCUT2D eigenvalue weighted by Crippen LogP contribution is 2.28. The quantitative estimate of drug-likeness (QED) is 0.245. The third-order valence-electron chi connectivity index (χ3n) is 3.20. The van der Waals surface area contributed by atoms with E-state index < -0.39 is 0 Å². The summed E-state index contributed by atoms with van der Waals surface area (Å²) in [5.41, 5.74) is 1.84. The van der Waals surface area contributed by atoms with Crippen LogP contribution in [-0.4, -0.2) is 35.6 Å². The van der Waals surface area contributed by atoms with E-state index in [0.29, 0.717) is 18.2 Å². The van der Waals surface area contributed by atoms with Crippen molar-refractivity contribution < 1.29 is 19.0 Å². The minimum absolute atomic E-state index is 0.173. The standard InChI is InChI=1S/C16H15ClN4O3S2/c1-23-7-6-21-8-15(24-20-21)19-14(22)10-26-16-18-13(9-25-16)11-2-4-12(17)5-3-11/h2-5,8-9H,6-7,10H2,1H3. The summed E-state index contributed by atoms with van der Waals surface area (Å²) >= 11 is 8.71. The number of aromatic nitrogens is 3. The maximum Gasteiger partial charge on any atom is 0.320 e. The van der Waals surface area contributed by atoms with E-state index in [1.54, 1.807) is 13.3 Å². The molecule has 3 aromatic rings. The summed E-state index contributed by atoms with van der Waals surface area (Å²) in [6.45, 7) is 1.03. The molecule has 0 unspecified atom stereocenters. The third kappa shape index (κ3) is 5.28. The normalized spacial score (nSPS) is 11.8. The fraction of sp³-hybridized carbons (Fsp3) is 0.250. The maximum atomic E-state index is 12.0. The fourth-order valence-electron chi connectivity index (χ4n) is 1.96. The Bertz CT molecular complexity index is 880. The van der Waals surface area contributed by atoms with E-state index in [2.05, 4.69) is 15.2 Å². The molecule has 0 saturated heterocycles. The summed E-state index contributed by atoms with van der Waals surface area (Å²) in [6, 6.07) is 7.47. The first-order valence-corrected chi connectivity index (χ1v) is 9.82. The lowest BCUT2D eigenvalue weighted by Gasteiger charge is -2.06. The molecular weight excluding hydrogens is 396 g/mol. The van der Waals surface area contributed by atoms with E-state index in [4.69, 9.17) is 20.9 Å². The van der Waals surface area contributed by atoms with E-state index in [-0.39, 0.29) is 17.5 Å². The molecular formula is C16H15ClN4O3S2. The number of benzene rings is 1. The number of nitrogens with zero attached hydrogens (tertiary/aromatic N) is 4. The highest BCUT2D eigenvalue weighted by molar-refractivity contribution is 8.01. The minimum Gasteiger partial charge on any atom is -0.861 e. The van der Waals surface area contributed by atoms with E-state index in [1.165, 1.54) is 27.8 Å². The van der Waals surface area contributed by atoms with Crippen molar-refractivity contribution in [2.45, 2.75) is 10.9 Å². The zero-order valence-corrected chi connectivity index (χ0v) is 16.2. The van der Waals surface area contributed by atoms with Gasteiger partial charge in [-0.2, -0.15) is 0 Å². The van der Waals surface area contributed by atoms with E-state index in [0.717, 1.165) is 15.6 Å². The van der Waals surface area contributed by atoms with Gasteiger partial charge in [-0.05, 0) is 22.7 Å². The second-order valence-electron chi connectivity index (χ2n) is 5.10. The molecule has 1 aromatic carbocycles. The monoisotopic (exact) mass is 410 g/mol. The minimum atomic E-state index is -0.312. The molecule has 136 valence electrons. The van der Waals surface area contributed by atoms with Crippen LogP contribution in [0.3, 0.4) is 0 Å². The maximum absolute atomic E-state index is 12.0. The summed E-state index contributed by atoms with van der Waals surface area (Å²) in [6.07, 6.45) is 1.56. The Hall–Kier alpha value is -1.94. The lowest BCUT2D eigenvalue weighted by molar-refractivity contribution is -0.763. The van der Waals surface area contributed by atoms with E-state index in [1.807, 2.05) is 29.6 Å². The molecule has 2 heterocycles. The van der Waals surface area contributed by atoms with Gasteiger partial charge < -0.3 is 9.84 Å². The predicted octanol–water partition coefficient (Wildman–Crippen LogP) is 2.57. The van der Waals surface area contributed by atoms with Crippen molar-refractivity contribution >= 4 is 46.5 Å². The Balaban J connectivity index is 1.56. The number of methoxy groups -OCH3 is 1. The lowest BCUT2D eigenvalue weighted by Crippen LogP contribution is -2.36. The number of aliphatic imine (C=N–C) groups is 1. The fourth-order valence-corrected chi connectivity index (χ4v) is 3.71. The summed E-state index contributed by atoms with van der Waals surface area (Å²) in [5.74, 6) is 0.0350. The number of thioether (sulfide) groups is 1. The first-order chi connectivity index (χ1) is 12.6. The van der Waals surface area contributed by atoms with Crippen molar-refractivity contribution in [3.05, 3.63) is 40.9 Å². The summed E-state index contributed by atoms with van der Waals surface area (Å²) in [4.78, 5) is 8.41. The molecule has 7 nitrogen and oxygen atoms in total. The van der Waals surface area contributed by atoms with Gasteiger partial charge in [0, 0.05) is 28.8 Å². The topological polar surface area (TPSA) is 87.5 Å². The van der Waals surface area contributed by atoms with Crippen molar-refractivity contribution in [2.75, 3.05) is 19.5 Å². The van der Waals surface area contributed by atoms with Gasteiger partial charge in [0.1, 0.15) is 6.61 Å². The second-order valence-corrected chi connectivity index (χ2v) is 7.61. The Labute approximate surface area is 163 Å². The number of rotatable bonds is 8. The molecule has 3 rings (SSSR count). The van der Waals surface area contributed by atoms with Gasteiger partial charge in [-0.1, -0.05) is 35.5 Å². The molecule has 10 heteroatoms. The van der Waals surface area contributed by atoms with Crippen LogP contribution in [0.1, 0.15) is 0 Å². The van der Waals surface area contributed by atoms with Crippen LogP contribution < -0.4 is 9.79 Å². The molecule has 0 N–H and O–H groups in total. The molecule has 0 amide bonds. The molecule has 0 fully saturated rings. The van der Waals surface area contributed by atoms with Crippen LogP contribution in [0, 0.1) is 0 Å². The first kappa shape index (κ1) is 18.8. The second kappa shape index (κ2) is 9.13. The van der Waals surface area contributed by atoms with E-state index in [9.17, 15) is 5.11 Å². The summed E-state index contributed by atoms with van der Waals surface area (Å²) in [5, 5.41) is 18.4. The Morgan fingerprint density at radius 3 is 3.00 bits per heavy atom. The largest absolute Gasteiger partial charge is 0.861 e. The van der Waals surface area contributed by atoms with Gasteiger partial charge in [0.2, 0.25) is 11.8 Å². The van der Waals surface area contributed by atoms with Crippen molar-refractivity contribution in [1.29, 1.82) is 0 Å². The predicted molar refractivity (Wildman–Crippen MR) is 99.0 cm³/mol. The van der Waals surface area contributed by atoms with Crippen LogP contribution in [0.25, 0.3) is 11.3 Å². The molecule has 0 spiro atoms. The SMILES string of the molecule is COCC[n+]1cc(/N=C(/[O-])CSc2nc(-c3ccc(Cl)cc3)cs2)on1. The van der Waals surface area contributed by atoms with Crippen LogP contribution in [0.5, 0.6) is 0 Å². The van der Waals surface area contributed by atoms with Crippen LogP contribution in [0.2, 0.25) is 5.02 Å². The molecule has 2 aromatic heterocycles.